The first-order valence-corrected chi connectivity index (χ1v) is 15.3. The maximum Gasteiger partial charge on any atom is 0.159 e. The summed E-state index contributed by atoms with van der Waals surface area (Å²) >= 11 is 0. The summed E-state index contributed by atoms with van der Waals surface area (Å²) in [6.07, 6.45) is 28.4. The van der Waals surface area contributed by atoms with Crippen LogP contribution in [0.4, 0.5) is 0 Å². The summed E-state index contributed by atoms with van der Waals surface area (Å²) in [7, 11) is 0. The van der Waals surface area contributed by atoms with Crippen LogP contribution in [0.1, 0.15) is 129 Å². The largest absolute Gasteiger partial charge is 0.494 e. The van der Waals surface area contributed by atoms with Crippen molar-refractivity contribution in [3.63, 3.8) is 0 Å². The molecule has 1 aliphatic carbocycles. The van der Waals surface area contributed by atoms with Crippen molar-refractivity contribution in [2.24, 2.45) is 11.8 Å². The number of hydrogen-bond donors (Lipinski definition) is 0. The Bertz CT molecular complexity index is 793. The Morgan fingerprint density at radius 2 is 1.22 bits per heavy atom. The van der Waals surface area contributed by atoms with E-state index in [-0.39, 0.29) is 0 Å². The van der Waals surface area contributed by atoms with Gasteiger partial charge in [-0.05, 0) is 67.3 Å². The second-order valence-electron chi connectivity index (χ2n) is 11.2. The standard InChI is InChI=1S/C33H52N2O/c1-3-5-7-9-11-14-28-17-19-29(20-18-28)16-13-25-36-32-23-21-31(22-24-32)33-34-26-30(27-35-33)15-12-10-8-6-4-2/h21-24,26-29H,3-20,25H2,1-2H3/t28-,29-. The summed E-state index contributed by atoms with van der Waals surface area (Å²) in [6.45, 7) is 5.38. The van der Waals surface area contributed by atoms with E-state index >= 15 is 0 Å². The molecule has 0 saturated heterocycles. The average molecular weight is 493 g/mol. The molecule has 2 aromatic rings. The van der Waals surface area contributed by atoms with Crippen LogP contribution in [-0.4, -0.2) is 16.6 Å². The molecule has 3 rings (SSSR count). The van der Waals surface area contributed by atoms with Crippen molar-refractivity contribution in [1.82, 2.24) is 9.97 Å². The number of aryl methyl sites for hydroxylation is 1. The summed E-state index contributed by atoms with van der Waals surface area (Å²) in [5, 5.41) is 0. The molecule has 1 aliphatic rings. The molecule has 0 N–H and O–H groups in total. The lowest BCUT2D eigenvalue weighted by Gasteiger charge is -2.28. The van der Waals surface area contributed by atoms with Crippen molar-refractivity contribution in [1.29, 1.82) is 0 Å². The molecule has 3 heteroatoms. The molecule has 0 unspecified atom stereocenters. The minimum Gasteiger partial charge on any atom is -0.494 e. The number of hydrogen-bond acceptors (Lipinski definition) is 3. The highest BCUT2D eigenvalue weighted by atomic mass is 16.5. The molecule has 1 saturated carbocycles. The predicted octanol–water partition coefficient (Wildman–Crippen LogP) is 9.98. The maximum atomic E-state index is 6.04. The van der Waals surface area contributed by atoms with E-state index in [1.807, 2.05) is 12.4 Å². The molecule has 200 valence electrons. The minimum absolute atomic E-state index is 0.799. The van der Waals surface area contributed by atoms with Gasteiger partial charge in [-0.25, -0.2) is 9.97 Å². The molecule has 1 heterocycles. The van der Waals surface area contributed by atoms with E-state index in [0.29, 0.717) is 0 Å². The van der Waals surface area contributed by atoms with Gasteiger partial charge in [0.2, 0.25) is 0 Å². The first-order chi connectivity index (χ1) is 17.8. The third-order valence-electron chi connectivity index (χ3n) is 8.09. The van der Waals surface area contributed by atoms with Gasteiger partial charge in [-0.2, -0.15) is 0 Å². The Kier molecular flexibility index (Phi) is 14.0. The van der Waals surface area contributed by atoms with Gasteiger partial charge in [0.1, 0.15) is 5.75 Å². The monoisotopic (exact) mass is 492 g/mol. The fraction of sp³-hybridized carbons (Fsp3) is 0.697. The van der Waals surface area contributed by atoms with Crippen LogP contribution in [0.25, 0.3) is 11.4 Å². The smallest absolute Gasteiger partial charge is 0.159 e. The first kappa shape index (κ1) is 28.7. The molecule has 1 aromatic carbocycles. The molecule has 0 atom stereocenters. The highest BCUT2D eigenvalue weighted by Gasteiger charge is 2.20. The minimum atomic E-state index is 0.799. The van der Waals surface area contributed by atoms with E-state index in [2.05, 4.69) is 48.1 Å². The van der Waals surface area contributed by atoms with Gasteiger partial charge in [0.05, 0.1) is 6.61 Å². The number of ether oxygens (including phenoxy) is 1. The molecule has 3 nitrogen and oxygen atoms in total. The SMILES string of the molecule is CCCCCCCc1cnc(-c2ccc(OCCC[C@H]3CC[C@H](CCCCCCC)CC3)cc2)nc1. The van der Waals surface area contributed by atoms with Crippen LogP contribution >= 0.6 is 0 Å². The average Bonchev–Trinajstić information content (AvgIpc) is 2.92. The van der Waals surface area contributed by atoms with Crippen LogP contribution in [0.5, 0.6) is 5.75 Å². The Morgan fingerprint density at radius 1 is 0.667 bits per heavy atom. The van der Waals surface area contributed by atoms with Gasteiger partial charge < -0.3 is 4.74 Å². The molecule has 1 aromatic heterocycles. The van der Waals surface area contributed by atoms with Gasteiger partial charge in [-0.1, -0.05) is 104 Å². The topological polar surface area (TPSA) is 35.0 Å². The van der Waals surface area contributed by atoms with E-state index in [9.17, 15) is 0 Å². The fourth-order valence-corrected chi connectivity index (χ4v) is 5.67. The van der Waals surface area contributed by atoms with Crippen LogP contribution in [0.3, 0.4) is 0 Å². The Labute approximate surface area is 221 Å². The maximum absolute atomic E-state index is 6.04. The van der Waals surface area contributed by atoms with Crippen LogP contribution in [0.2, 0.25) is 0 Å². The zero-order chi connectivity index (χ0) is 25.3. The van der Waals surface area contributed by atoms with Crippen molar-refractivity contribution >= 4 is 0 Å². The molecule has 0 radical (unpaired) electrons. The van der Waals surface area contributed by atoms with Gasteiger partial charge in [0, 0.05) is 18.0 Å². The molecule has 0 aliphatic heterocycles. The molecule has 0 amide bonds. The molecule has 0 bridgehead atoms. The number of aromatic nitrogens is 2. The van der Waals surface area contributed by atoms with Crippen LogP contribution in [-0.2, 0) is 6.42 Å². The van der Waals surface area contributed by atoms with Gasteiger partial charge in [-0.3, -0.25) is 0 Å². The normalized spacial score (nSPS) is 17.8. The van der Waals surface area contributed by atoms with E-state index in [4.69, 9.17) is 4.74 Å². The van der Waals surface area contributed by atoms with Gasteiger partial charge in [-0.15, -0.1) is 0 Å². The molecule has 36 heavy (non-hydrogen) atoms. The van der Waals surface area contributed by atoms with E-state index in [0.717, 1.165) is 48.4 Å². The Hall–Kier alpha value is -1.90. The van der Waals surface area contributed by atoms with Crippen molar-refractivity contribution in [3.05, 3.63) is 42.2 Å². The summed E-state index contributed by atoms with van der Waals surface area (Å²) in [5.41, 5.74) is 2.30. The van der Waals surface area contributed by atoms with E-state index in [1.54, 1.807) is 0 Å². The van der Waals surface area contributed by atoms with Crippen LogP contribution in [0, 0.1) is 11.8 Å². The van der Waals surface area contributed by atoms with Gasteiger partial charge >= 0.3 is 0 Å². The van der Waals surface area contributed by atoms with E-state index < -0.39 is 0 Å². The Morgan fingerprint density at radius 3 is 1.83 bits per heavy atom. The highest BCUT2D eigenvalue weighted by molar-refractivity contribution is 5.55. The zero-order valence-corrected chi connectivity index (χ0v) is 23.4. The fourth-order valence-electron chi connectivity index (χ4n) is 5.67. The number of benzene rings is 1. The van der Waals surface area contributed by atoms with E-state index in [1.165, 1.54) is 108 Å². The summed E-state index contributed by atoms with van der Waals surface area (Å²) in [4.78, 5) is 9.20. The molecule has 0 spiro atoms. The lowest BCUT2D eigenvalue weighted by Crippen LogP contribution is -2.15. The Balaban J connectivity index is 1.27. The zero-order valence-electron chi connectivity index (χ0n) is 23.4. The number of unbranched alkanes of at least 4 members (excludes halogenated alkanes) is 8. The third-order valence-corrected chi connectivity index (χ3v) is 8.09. The number of rotatable bonds is 18. The number of nitrogens with zero attached hydrogens (tertiary/aromatic N) is 2. The summed E-state index contributed by atoms with van der Waals surface area (Å²) < 4.78 is 6.04. The molecule has 1 fully saturated rings. The summed E-state index contributed by atoms with van der Waals surface area (Å²) in [6, 6.07) is 8.29. The van der Waals surface area contributed by atoms with Crippen molar-refractivity contribution in [3.8, 4) is 17.1 Å². The van der Waals surface area contributed by atoms with Gasteiger partial charge in [0.15, 0.2) is 5.82 Å². The van der Waals surface area contributed by atoms with Crippen LogP contribution in [0.15, 0.2) is 36.7 Å². The quantitative estimate of drug-likeness (QED) is 0.194. The van der Waals surface area contributed by atoms with Crippen molar-refractivity contribution in [2.75, 3.05) is 6.61 Å². The lowest BCUT2D eigenvalue weighted by atomic mass is 9.78. The predicted molar refractivity (Wildman–Crippen MR) is 153 cm³/mol. The second-order valence-corrected chi connectivity index (χ2v) is 11.2. The lowest BCUT2D eigenvalue weighted by molar-refractivity contribution is 0.228. The molecular formula is C33H52N2O. The summed E-state index contributed by atoms with van der Waals surface area (Å²) in [5.74, 6) is 3.68. The van der Waals surface area contributed by atoms with Crippen molar-refractivity contribution in [2.45, 2.75) is 129 Å². The first-order valence-electron chi connectivity index (χ1n) is 15.3. The van der Waals surface area contributed by atoms with Crippen LogP contribution < -0.4 is 4.74 Å². The third kappa shape index (κ3) is 11.0. The van der Waals surface area contributed by atoms with Gasteiger partial charge in [0.25, 0.3) is 0 Å². The second kappa shape index (κ2) is 17.5. The van der Waals surface area contributed by atoms with Crippen molar-refractivity contribution < 1.29 is 4.74 Å². The molecular weight excluding hydrogens is 440 g/mol. The highest BCUT2D eigenvalue weighted by Crippen LogP contribution is 2.34.